The summed E-state index contributed by atoms with van der Waals surface area (Å²) >= 11 is 1.32. The Kier molecular flexibility index (Phi) is 4.72. The maximum atomic E-state index is 5.35. The quantitative estimate of drug-likeness (QED) is 0.852. The highest BCUT2D eigenvalue weighted by molar-refractivity contribution is 7.99. The lowest BCUT2D eigenvalue weighted by Crippen LogP contribution is -2.07. The average molecular weight is 295 g/mol. The van der Waals surface area contributed by atoms with Crippen molar-refractivity contribution in [1.29, 1.82) is 0 Å². The number of aromatic nitrogens is 6. The van der Waals surface area contributed by atoms with Gasteiger partial charge in [0.05, 0.1) is 6.61 Å². The number of hydrogen-bond acceptors (Lipinski definition) is 8. The van der Waals surface area contributed by atoms with Crippen molar-refractivity contribution < 1.29 is 4.74 Å². The van der Waals surface area contributed by atoms with Gasteiger partial charge in [-0.1, -0.05) is 0 Å². The second kappa shape index (κ2) is 6.51. The van der Waals surface area contributed by atoms with E-state index in [1.165, 1.54) is 11.8 Å². The Morgan fingerprint density at radius 2 is 2.00 bits per heavy atom. The summed E-state index contributed by atoms with van der Waals surface area (Å²) in [4.78, 5) is 12.7. The average Bonchev–Trinajstić information content (AvgIpc) is 2.71. The van der Waals surface area contributed by atoms with E-state index in [0.29, 0.717) is 23.7 Å². The van der Waals surface area contributed by atoms with E-state index < -0.39 is 0 Å². The van der Waals surface area contributed by atoms with Gasteiger partial charge in [0.15, 0.2) is 5.16 Å². The van der Waals surface area contributed by atoms with Crippen LogP contribution >= 0.6 is 11.8 Å². The molecule has 20 heavy (non-hydrogen) atoms. The smallest absolute Gasteiger partial charge is 0.322 e. The number of aryl methyl sites for hydroxylation is 1. The van der Waals surface area contributed by atoms with E-state index in [2.05, 4.69) is 30.5 Å². The molecule has 9 heteroatoms. The Morgan fingerprint density at radius 3 is 2.60 bits per heavy atom. The Labute approximate surface area is 121 Å². The highest BCUT2D eigenvalue weighted by Gasteiger charge is 2.12. The molecule has 0 aliphatic heterocycles. The van der Waals surface area contributed by atoms with Gasteiger partial charge in [-0.2, -0.15) is 15.0 Å². The summed E-state index contributed by atoms with van der Waals surface area (Å²) in [6.45, 7) is 6.98. The van der Waals surface area contributed by atoms with Crippen molar-refractivity contribution in [3.05, 3.63) is 5.82 Å². The van der Waals surface area contributed by atoms with Gasteiger partial charge >= 0.3 is 6.01 Å². The third kappa shape index (κ3) is 3.35. The lowest BCUT2D eigenvalue weighted by atomic mass is 10.7. The number of rotatable bonds is 6. The van der Waals surface area contributed by atoms with E-state index in [9.17, 15) is 0 Å². The maximum Gasteiger partial charge on any atom is 0.322 e. The van der Waals surface area contributed by atoms with Crippen molar-refractivity contribution in [2.45, 2.75) is 31.1 Å². The van der Waals surface area contributed by atoms with Crippen LogP contribution in [0.3, 0.4) is 0 Å². The van der Waals surface area contributed by atoms with Crippen LogP contribution in [0.1, 0.15) is 19.7 Å². The number of hydrogen-bond donors (Lipinski definition) is 1. The Balaban J connectivity index is 2.27. The van der Waals surface area contributed by atoms with Crippen molar-refractivity contribution in [2.24, 2.45) is 7.05 Å². The molecule has 0 atom stereocenters. The minimum Gasteiger partial charge on any atom is -0.464 e. The second-order valence-corrected chi connectivity index (χ2v) is 4.81. The molecule has 2 heterocycles. The van der Waals surface area contributed by atoms with Gasteiger partial charge in [-0.25, -0.2) is 0 Å². The standard InChI is InChI=1S/C11H17N7OS/c1-5-12-8-13-9(19-6-2)15-10(14-8)20-11-17-16-7(3)18(11)4/h5-6H2,1-4H3,(H,12,13,14,15). The molecule has 0 unspecified atom stereocenters. The molecular formula is C11H17N7OS. The Bertz CT molecular complexity index is 562. The largest absolute Gasteiger partial charge is 0.464 e. The van der Waals surface area contributed by atoms with Crippen LogP contribution in [0.5, 0.6) is 6.01 Å². The van der Waals surface area contributed by atoms with E-state index in [0.717, 1.165) is 17.5 Å². The maximum absolute atomic E-state index is 5.35. The van der Waals surface area contributed by atoms with Crippen LogP contribution in [0.15, 0.2) is 10.3 Å². The van der Waals surface area contributed by atoms with Crippen LogP contribution in [-0.4, -0.2) is 42.9 Å². The van der Waals surface area contributed by atoms with Crippen molar-refractivity contribution in [2.75, 3.05) is 18.5 Å². The van der Waals surface area contributed by atoms with Gasteiger partial charge in [0.25, 0.3) is 0 Å². The molecule has 0 aromatic carbocycles. The highest BCUT2D eigenvalue weighted by atomic mass is 32.2. The van der Waals surface area contributed by atoms with Crippen LogP contribution in [0, 0.1) is 6.92 Å². The normalized spacial score (nSPS) is 10.6. The van der Waals surface area contributed by atoms with Gasteiger partial charge in [0.2, 0.25) is 11.1 Å². The van der Waals surface area contributed by atoms with Crippen LogP contribution in [0.2, 0.25) is 0 Å². The Hall–Kier alpha value is -1.90. The van der Waals surface area contributed by atoms with Gasteiger partial charge in [-0.05, 0) is 32.5 Å². The summed E-state index contributed by atoms with van der Waals surface area (Å²) in [5.74, 6) is 1.32. The van der Waals surface area contributed by atoms with Gasteiger partial charge in [-0.3, -0.25) is 0 Å². The molecule has 0 amide bonds. The number of nitrogens with zero attached hydrogens (tertiary/aromatic N) is 6. The molecule has 0 saturated heterocycles. The van der Waals surface area contributed by atoms with Crippen molar-refractivity contribution in [3.63, 3.8) is 0 Å². The number of ether oxygens (including phenoxy) is 1. The van der Waals surface area contributed by atoms with Gasteiger partial charge in [0, 0.05) is 13.6 Å². The van der Waals surface area contributed by atoms with Crippen LogP contribution in [0.4, 0.5) is 5.95 Å². The molecule has 0 bridgehead atoms. The monoisotopic (exact) mass is 295 g/mol. The second-order valence-electron chi connectivity index (χ2n) is 3.88. The molecule has 0 aliphatic carbocycles. The molecule has 8 nitrogen and oxygen atoms in total. The van der Waals surface area contributed by atoms with E-state index in [1.54, 1.807) is 0 Å². The van der Waals surface area contributed by atoms with Crippen LogP contribution in [-0.2, 0) is 7.05 Å². The minimum atomic E-state index is 0.305. The molecule has 0 saturated carbocycles. The first-order valence-electron chi connectivity index (χ1n) is 6.30. The summed E-state index contributed by atoms with van der Waals surface area (Å²) < 4.78 is 7.22. The first kappa shape index (κ1) is 14.5. The van der Waals surface area contributed by atoms with Crippen molar-refractivity contribution in [1.82, 2.24) is 29.7 Å². The van der Waals surface area contributed by atoms with Gasteiger partial charge < -0.3 is 14.6 Å². The fourth-order valence-electron chi connectivity index (χ4n) is 1.37. The molecule has 0 aliphatic rings. The predicted octanol–water partition coefficient (Wildman–Crippen LogP) is 1.29. The summed E-state index contributed by atoms with van der Waals surface area (Å²) in [5, 5.41) is 12.4. The van der Waals surface area contributed by atoms with Gasteiger partial charge in [0.1, 0.15) is 5.82 Å². The minimum absolute atomic E-state index is 0.305. The lowest BCUT2D eigenvalue weighted by Gasteiger charge is -2.07. The molecule has 2 rings (SSSR count). The van der Waals surface area contributed by atoms with E-state index >= 15 is 0 Å². The third-order valence-electron chi connectivity index (χ3n) is 2.44. The topological polar surface area (TPSA) is 90.6 Å². The first-order chi connectivity index (χ1) is 9.63. The fourth-order valence-corrected chi connectivity index (χ4v) is 2.14. The predicted molar refractivity (Wildman–Crippen MR) is 75.0 cm³/mol. The molecule has 0 radical (unpaired) electrons. The lowest BCUT2D eigenvalue weighted by molar-refractivity contribution is 0.308. The Morgan fingerprint density at radius 1 is 1.20 bits per heavy atom. The van der Waals surface area contributed by atoms with Crippen LogP contribution in [0.25, 0.3) is 0 Å². The van der Waals surface area contributed by atoms with Crippen LogP contribution < -0.4 is 10.1 Å². The van der Waals surface area contributed by atoms with Crippen molar-refractivity contribution in [3.8, 4) is 6.01 Å². The molecule has 2 aromatic heterocycles. The zero-order valence-electron chi connectivity index (χ0n) is 11.9. The molecule has 1 N–H and O–H groups in total. The highest BCUT2D eigenvalue weighted by Crippen LogP contribution is 2.24. The van der Waals surface area contributed by atoms with E-state index in [-0.39, 0.29) is 0 Å². The zero-order valence-corrected chi connectivity index (χ0v) is 12.7. The number of nitrogens with one attached hydrogen (secondary N) is 1. The van der Waals surface area contributed by atoms with Crippen molar-refractivity contribution >= 4 is 17.7 Å². The molecule has 2 aromatic rings. The SMILES string of the molecule is CCNc1nc(OCC)nc(Sc2nnc(C)n2C)n1. The molecule has 0 fully saturated rings. The van der Waals surface area contributed by atoms with E-state index in [4.69, 9.17) is 4.74 Å². The number of anilines is 1. The third-order valence-corrected chi connectivity index (χ3v) is 3.34. The summed E-state index contributed by atoms with van der Waals surface area (Å²) in [6.07, 6.45) is 0. The molecule has 108 valence electrons. The first-order valence-corrected chi connectivity index (χ1v) is 7.12. The summed E-state index contributed by atoms with van der Waals surface area (Å²) in [6, 6.07) is 0.305. The molecule has 0 spiro atoms. The zero-order chi connectivity index (χ0) is 14.5. The van der Waals surface area contributed by atoms with Gasteiger partial charge in [-0.15, -0.1) is 10.2 Å². The summed E-state index contributed by atoms with van der Waals surface area (Å²) in [7, 11) is 1.90. The summed E-state index contributed by atoms with van der Waals surface area (Å²) in [5.41, 5.74) is 0. The fraction of sp³-hybridized carbons (Fsp3) is 0.545. The molecular weight excluding hydrogens is 278 g/mol. The van der Waals surface area contributed by atoms with E-state index in [1.807, 2.05) is 32.4 Å².